The molecule has 0 aromatic carbocycles. The molecule has 12 N–H and O–H groups in total. The molecule has 0 saturated carbocycles. The summed E-state index contributed by atoms with van der Waals surface area (Å²) >= 11 is 0. The van der Waals surface area contributed by atoms with Crippen molar-refractivity contribution in [3.63, 3.8) is 0 Å². The zero-order chi connectivity index (χ0) is 26.4. The summed E-state index contributed by atoms with van der Waals surface area (Å²) in [6.07, 6.45) is -1.86. The number of carboxylic acids is 2. The van der Waals surface area contributed by atoms with Crippen LogP contribution in [0.1, 0.15) is 45.4 Å². The summed E-state index contributed by atoms with van der Waals surface area (Å²) in [5.41, 5.74) is 15.9. The van der Waals surface area contributed by atoms with Gasteiger partial charge in [-0.2, -0.15) is 0 Å². The van der Waals surface area contributed by atoms with Crippen LogP contribution in [0.15, 0.2) is 0 Å². The van der Waals surface area contributed by atoms with Crippen molar-refractivity contribution in [2.24, 2.45) is 17.2 Å². The first kappa shape index (κ1) is 30.7. The van der Waals surface area contributed by atoms with Crippen molar-refractivity contribution in [2.75, 3.05) is 6.54 Å². The van der Waals surface area contributed by atoms with Crippen LogP contribution < -0.4 is 33.2 Å². The molecule has 0 radical (unpaired) electrons. The third kappa shape index (κ3) is 12.1. The molecule has 5 unspecified atom stereocenters. The molecule has 15 nitrogen and oxygen atoms in total. The number of aliphatic carboxylic acids is 2. The van der Waals surface area contributed by atoms with E-state index in [0.29, 0.717) is 12.8 Å². The molecule has 0 aromatic heterocycles. The predicted octanol–water partition coefficient (Wildman–Crippen LogP) is -3.90. The van der Waals surface area contributed by atoms with E-state index in [2.05, 4.69) is 16.0 Å². The van der Waals surface area contributed by atoms with Gasteiger partial charge in [-0.15, -0.1) is 0 Å². The molecule has 0 aromatic rings. The van der Waals surface area contributed by atoms with Crippen LogP contribution in [0.25, 0.3) is 0 Å². The molecule has 0 spiro atoms. The second-order valence-electron chi connectivity index (χ2n) is 7.68. The number of carboxylic acid groups (broad SMARTS) is 2. The van der Waals surface area contributed by atoms with Crippen molar-refractivity contribution in [3.05, 3.63) is 0 Å². The van der Waals surface area contributed by atoms with Crippen LogP contribution in [0.5, 0.6) is 0 Å². The van der Waals surface area contributed by atoms with E-state index < -0.39 is 72.3 Å². The lowest BCUT2D eigenvalue weighted by molar-refractivity contribution is -0.143. The van der Waals surface area contributed by atoms with Gasteiger partial charge in [-0.1, -0.05) is 0 Å². The standard InChI is InChI=1S/C19H34N6O9/c1-9(26)15(22)18(32)25-12(8-14(28)29)17(31)23-10(4-2-3-7-20)16(30)24-11(19(33)34)5-6-13(21)27/h9-12,15,26H,2-8,20,22H2,1H3,(H2,21,27)(H,23,31)(H,24,30)(H,25,32)(H,28,29)(H,33,34). The first-order valence-corrected chi connectivity index (χ1v) is 10.6. The van der Waals surface area contributed by atoms with Gasteiger partial charge in [0.2, 0.25) is 23.6 Å². The van der Waals surface area contributed by atoms with Crippen molar-refractivity contribution < 1.29 is 44.1 Å². The summed E-state index contributed by atoms with van der Waals surface area (Å²) in [5, 5.41) is 34.4. The topological polar surface area (TPSA) is 277 Å². The molecule has 194 valence electrons. The Labute approximate surface area is 195 Å². The van der Waals surface area contributed by atoms with Crippen LogP contribution in [0.2, 0.25) is 0 Å². The van der Waals surface area contributed by atoms with Crippen LogP contribution in [0, 0.1) is 0 Å². The third-order valence-corrected chi connectivity index (χ3v) is 4.71. The minimum Gasteiger partial charge on any atom is -0.481 e. The molecule has 0 fully saturated rings. The number of amides is 4. The Hall–Kier alpha value is -3.30. The summed E-state index contributed by atoms with van der Waals surface area (Å²) in [6, 6.07) is -5.83. The summed E-state index contributed by atoms with van der Waals surface area (Å²) in [6.45, 7) is 1.51. The van der Waals surface area contributed by atoms with Gasteiger partial charge in [0.05, 0.1) is 12.5 Å². The highest BCUT2D eigenvalue weighted by molar-refractivity contribution is 5.95. The van der Waals surface area contributed by atoms with Gasteiger partial charge in [-0.3, -0.25) is 24.0 Å². The fourth-order valence-corrected chi connectivity index (χ4v) is 2.72. The Morgan fingerprint density at radius 3 is 1.82 bits per heavy atom. The fourth-order valence-electron chi connectivity index (χ4n) is 2.72. The Morgan fingerprint density at radius 1 is 0.824 bits per heavy atom. The van der Waals surface area contributed by atoms with Gasteiger partial charge >= 0.3 is 11.9 Å². The monoisotopic (exact) mass is 490 g/mol. The van der Waals surface area contributed by atoms with Gasteiger partial charge < -0.3 is 48.5 Å². The number of nitrogens with two attached hydrogens (primary N) is 3. The average Bonchev–Trinajstić information content (AvgIpc) is 2.73. The maximum absolute atomic E-state index is 12.7. The van der Waals surface area contributed by atoms with E-state index >= 15 is 0 Å². The molecule has 15 heteroatoms. The Morgan fingerprint density at radius 2 is 1.35 bits per heavy atom. The molecular weight excluding hydrogens is 456 g/mol. The SMILES string of the molecule is CC(O)C(N)C(=O)NC(CC(=O)O)C(=O)NC(CCCCN)C(=O)NC(CCC(N)=O)C(=O)O. The van der Waals surface area contributed by atoms with E-state index in [1.54, 1.807) is 0 Å². The second-order valence-corrected chi connectivity index (χ2v) is 7.68. The van der Waals surface area contributed by atoms with E-state index in [9.17, 15) is 39.0 Å². The van der Waals surface area contributed by atoms with Crippen molar-refractivity contribution >= 4 is 35.6 Å². The first-order valence-electron chi connectivity index (χ1n) is 10.6. The van der Waals surface area contributed by atoms with E-state index in [1.807, 2.05) is 0 Å². The Balaban J connectivity index is 5.55. The van der Waals surface area contributed by atoms with Gasteiger partial charge in [0.15, 0.2) is 0 Å². The Kier molecular flexibility index (Phi) is 14.0. The van der Waals surface area contributed by atoms with Crippen LogP contribution in [0.3, 0.4) is 0 Å². The van der Waals surface area contributed by atoms with Crippen LogP contribution >= 0.6 is 0 Å². The summed E-state index contributed by atoms with van der Waals surface area (Å²) < 4.78 is 0. The number of hydrogen-bond donors (Lipinski definition) is 9. The van der Waals surface area contributed by atoms with E-state index in [4.69, 9.17) is 22.3 Å². The third-order valence-electron chi connectivity index (χ3n) is 4.71. The lowest BCUT2D eigenvalue weighted by Crippen LogP contribution is -2.58. The molecule has 5 atom stereocenters. The van der Waals surface area contributed by atoms with Gasteiger partial charge in [0, 0.05) is 6.42 Å². The first-order chi connectivity index (χ1) is 15.8. The summed E-state index contributed by atoms with van der Waals surface area (Å²) in [5.74, 6) is -6.56. The van der Waals surface area contributed by atoms with Gasteiger partial charge in [0.1, 0.15) is 24.2 Å². The highest BCUT2D eigenvalue weighted by Gasteiger charge is 2.32. The fraction of sp³-hybridized carbons (Fsp3) is 0.684. The number of aliphatic hydroxyl groups excluding tert-OH is 1. The highest BCUT2D eigenvalue weighted by atomic mass is 16.4. The number of primary amides is 1. The molecule has 4 amide bonds. The number of aliphatic hydroxyl groups is 1. The number of rotatable bonds is 17. The van der Waals surface area contributed by atoms with Gasteiger partial charge in [0.25, 0.3) is 0 Å². The summed E-state index contributed by atoms with van der Waals surface area (Å²) in [7, 11) is 0. The summed E-state index contributed by atoms with van der Waals surface area (Å²) in [4.78, 5) is 71.0. The predicted molar refractivity (Wildman–Crippen MR) is 117 cm³/mol. The largest absolute Gasteiger partial charge is 0.481 e. The molecule has 34 heavy (non-hydrogen) atoms. The second kappa shape index (κ2) is 15.5. The zero-order valence-electron chi connectivity index (χ0n) is 18.9. The van der Waals surface area contributed by atoms with Crippen LogP contribution in [-0.2, 0) is 28.8 Å². The zero-order valence-corrected chi connectivity index (χ0v) is 18.9. The van der Waals surface area contributed by atoms with E-state index in [0.717, 1.165) is 0 Å². The minimum absolute atomic E-state index is 0.0257. The smallest absolute Gasteiger partial charge is 0.326 e. The van der Waals surface area contributed by atoms with Crippen molar-refractivity contribution in [3.8, 4) is 0 Å². The molecule has 0 aliphatic heterocycles. The number of nitrogens with one attached hydrogen (secondary N) is 3. The molecule has 0 heterocycles. The lowest BCUT2D eigenvalue weighted by Gasteiger charge is -2.25. The number of hydrogen-bond acceptors (Lipinski definition) is 9. The van der Waals surface area contributed by atoms with E-state index in [-0.39, 0.29) is 25.8 Å². The molecule has 0 rings (SSSR count). The number of carbonyl (C=O) groups excluding carboxylic acids is 4. The normalized spacial score (nSPS) is 15.2. The lowest BCUT2D eigenvalue weighted by atomic mass is 10.1. The molecule has 0 aliphatic rings. The average molecular weight is 491 g/mol. The van der Waals surface area contributed by atoms with Gasteiger partial charge in [-0.25, -0.2) is 4.79 Å². The highest BCUT2D eigenvalue weighted by Crippen LogP contribution is 2.06. The maximum Gasteiger partial charge on any atom is 0.326 e. The van der Waals surface area contributed by atoms with Crippen molar-refractivity contribution in [1.29, 1.82) is 0 Å². The quantitative estimate of drug-likeness (QED) is 0.0888. The van der Waals surface area contributed by atoms with Crippen LogP contribution in [-0.4, -0.2) is 87.7 Å². The van der Waals surface area contributed by atoms with Crippen LogP contribution in [0.4, 0.5) is 0 Å². The number of carbonyl (C=O) groups is 6. The van der Waals surface area contributed by atoms with Crippen molar-refractivity contribution in [2.45, 2.75) is 75.7 Å². The van der Waals surface area contributed by atoms with Crippen molar-refractivity contribution in [1.82, 2.24) is 16.0 Å². The molecular formula is C19H34N6O9. The molecule has 0 saturated heterocycles. The molecule has 0 aliphatic carbocycles. The Bertz CT molecular complexity index is 746. The number of unbranched alkanes of at least 4 members (excludes halogenated alkanes) is 1. The van der Waals surface area contributed by atoms with Gasteiger partial charge in [-0.05, 0) is 39.2 Å². The maximum atomic E-state index is 12.7. The van der Waals surface area contributed by atoms with E-state index in [1.165, 1.54) is 6.92 Å². The minimum atomic E-state index is -1.63. The molecule has 0 bridgehead atoms.